The van der Waals surface area contributed by atoms with E-state index in [0.717, 1.165) is 18.8 Å². The van der Waals surface area contributed by atoms with Gasteiger partial charge in [-0.25, -0.2) is 9.97 Å². The molecule has 2 heterocycles. The van der Waals surface area contributed by atoms with E-state index in [-0.39, 0.29) is 11.9 Å². The topological polar surface area (TPSA) is 67.4 Å². The zero-order chi connectivity index (χ0) is 13.8. The summed E-state index contributed by atoms with van der Waals surface area (Å²) >= 11 is 0. The summed E-state index contributed by atoms with van der Waals surface area (Å²) in [7, 11) is 0. The molecule has 1 aromatic rings. The lowest BCUT2D eigenvalue weighted by atomic mass is 10.3. The smallest absolute Gasteiger partial charge is 0.270 e. The molecule has 1 saturated heterocycles. The summed E-state index contributed by atoms with van der Waals surface area (Å²) in [6.07, 6.45) is 0. The van der Waals surface area contributed by atoms with E-state index in [4.69, 9.17) is 4.74 Å². The Hall–Kier alpha value is -1.69. The van der Waals surface area contributed by atoms with Crippen LogP contribution in [0.1, 0.15) is 30.0 Å². The van der Waals surface area contributed by atoms with Crippen LogP contribution in [0.15, 0.2) is 6.07 Å². The van der Waals surface area contributed by atoms with E-state index in [1.165, 1.54) is 0 Å². The SMILES string of the molecule is Cc1cc(C(=O)NC(C)C)nc(N2CCOCC2)n1. The van der Waals surface area contributed by atoms with Crippen molar-refractivity contribution in [3.05, 3.63) is 17.5 Å². The van der Waals surface area contributed by atoms with E-state index < -0.39 is 0 Å². The Kier molecular flexibility index (Phi) is 4.31. The molecular formula is C13H20N4O2. The summed E-state index contributed by atoms with van der Waals surface area (Å²) in [6.45, 7) is 8.58. The standard InChI is InChI=1S/C13H20N4O2/c1-9(2)14-12(18)11-8-10(3)15-13(16-11)17-4-6-19-7-5-17/h8-9H,4-7H2,1-3H3,(H,14,18). The molecule has 2 rings (SSSR count). The number of amides is 1. The maximum atomic E-state index is 12.0. The number of nitrogens with one attached hydrogen (secondary N) is 1. The van der Waals surface area contributed by atoms with Crippen LogP contribution in [0.2, 0.25) is 0 Å². The lowest BCUT2D eigenvalue weighted by molar-refractivity contribution is 0.0937. The molecule has 19 heavy (non-hydrogen) atoms. The second-order valence-corrected chi connectivity index (χ2v) is 4.92. The Morgan fingerprint density at radius 1 is 1.37 bits per heavy atom. The van der Waals surface area contributed by atoms with Gasteiger partial charge in [0.25, 0.3) is 5.91 Å². The predicted octanol–water partition coefficient (Wildman–Crippen LogP) is 0.760. The summed E-state index contributed by atoms with van der Waals surface area (Å²) < 4.78 is 5.31. The number of morpholine rings is 1. The van der Waals surface area contributed by atoms with Crippen molar-refractivity contribution in [1.82, 2.24) is 15.3 Å². The summed E-state index contributed by atoms with van der Waals surface area (Å²) in [4.78, 5) is 22.8. The molecule has 6 nitrogen and oxygen atoms in total. The van der Waals surface area contributed by atoms with Crippen LogP contribution in [0.4, 0.5) is 5.95 Å². The molecule has 0 aliphatic carbocycles. The lowest BCUT2D eigenvalue weighted by Crippen LogP contribution is -2.38. The van der Waals surface area contributed by atoms with E-state index in [2.05, 4.69) is 15.3 Å². The maximum Gasteiger partial charge on any atom is 0.270 e. The van der Waals surface area contributed by atoms with Crippen molar-refractivity contribution in [2.45, 2.75) is 26.8 Å². The number of aromatic nitrogens is 2. The Morgan fingerprint density at radius 2 is 2.05 bits per heavy atom. The number of nitrogens with zero attached hydrogens (tertiary/aromatic N) is 3. The minimum absolute atomic E-state index is 0.0922. The van der Waals surface area contributed by atoms with E-state index >= 15 is 0 Å². The fourth-order valence-corrected chi connectivity index (χ4v) is 1.91. The molecule has 6 heteroatoms. The van der Waals surface area contributed by atoms with Crippen molar-refractivity contribution in [3.8, 4) is 0 Å². The minimum Gasteiger partial charge on any atom is -0.378 e. The number of ether oxygens (including phenoxy) is 1. The summed E-state index contributed by atoms with van der Waals surface area (Å²) in [5.74, 6) is 0.451. The summed E-state index contributed by atoms with van der Waals surface area (Å²) in [5.41, 5.74) is 1.22. The van der Waals surface area contributed by atoms with Gasteiger partial charge in [-0.2, -0.15) is 0 Å². The second-order valence-electron chi connectivity index (χ2n) is 4.92. The van der Waals surface area contributed by atoms with Gasteiger partial charge in [0.05, 0.1) is 13.2 Å². The van der Waals surface area contributed by atoms with Crippen LogP contribution in [-0.4, -0.2) is 48.2 Å². The molecule has 0 atom stereocenters. The maximum absolute atomic E-state index is 12.0. The van der Waals surface area contributed by atoms with E-state index in [9.17, 15) is 4.79 Å². The molecule has 0 aromatic carbocycles. The van der Waals surface area contributed by atoms with Gasteiger partial charge in [0, 0.05) is 24.8 Å². The zero-order valence-corrected chi connectivity index (χ0v) is 11.6. The van der Waals surface area contributed by atoms with Crippen molar-refractivity contribution in [1.29, 1.82) is 0 Å². The molecule has 104 valence electrons. The minimum atomic E-state index is -0.157. The average Bonchev–Trinajstić information content (AvgIpc) is 2.38. The van der Waals surface area contributed by atoms with Crippen LogP contribution in [0.25, 0.3) is 0 Å². The molecule has 0 bridgehead atoms. The molecule has 0 radical (unpaired) electrons. The van der Waals surface area contributed by atoms with Crippen LogP contribution in [0.5, 0.6) is 0 Å². The fraction of sp³-hybridized carbons (Fsp3) is 0.615. The predicted molar refractivity (Wildman–Crippen MR) is 72.4 cm³/mol. The highest BCUT2D eigenvalue weighted by atomic mass is 16.5. The van der Waals surface area contributed by atoms with Gasteiger partial charge < -0.3 is 15.0 Å². The van der Waals surface area contributed by atoms with E-state index in [0.29, 0.717) is 24.9 Å². The van der Waals surface area contributed by atoms with Crippen LogP contribution < -0.4 is 10.2 Å². The first-order chi connectivity index (χ1) is 9.06. The summed E-state index contributed by atoms with van der Waals surface area (Å²) in [6, 6.07) is 1.80. The normalized spacial score (nSPS) is 15.7. The largest absolute Gasteiger partial charge is 0.378 e. The van der Waals surface area contributed by atoms with E-state index in [1.807, 2.05) is 25.7 Å². The third kappa shape index (κ3) is 3.64. The Bertz CT molecular complexity index is 456. The molecule has 1 fully saturated rings. The van der Waals surface area contributed by atoms with Gasteiger partial charge in [0.1, 0.15) is 5.69 Å². The highest BCUT2D eigenvalue weighted by Gasteiger charge is 2.17. The third-order valence-electron chi connectivity index (χ3n) is 2.79. The molecule has 1 N–H and O–H groups in total. The Labute approximate surface area is 113 Å². The highest BCUT2D eigenvalue weighted by Crippen LogP contribution is 2.12. The molecular weight excluding hydrogens is 244 g/mol. The van der Waals surface area contributed by atoms with Gasteiger partial charge in [-0.05, 0) is 26.8 Å². The van der Waals surface area contributed by atoms with Gasteiger partial charge in [-0.15, -0.1) is 0 Å². The van der Waals surface area contributed by atoms with Crippen molar-refractivity contribution >= 4 is 11.9 Å². The molecule has 0 spiro atoms. The quantitative estimate of drug-likeness (QED) is 0.873. The van der Waals surface area contributed by atoms with Gasteiger partial charge in [-0.3, -0.25) is 4.79 Å². The van der Waals surface area contributed by atoms with Crippen molar-refractivity contribution in [2.75, 3.05) is 31.2 Å². The molecule has 1 aromatic heterocycles. The van der Waals surface area contributed by atoms with Gasteiger partial charge in [-0.1, -0.05) is 0 Å². The molecule has 0 unspecified atom stereocenters. The highest BCUT2D eigenvalue weighted by molar-refractivity contribution is 5.92. The third-order valence-corrected chi connectivity index (χ3v) is 2.79. The molecule has 1 amide bonds. The van der Waals surface area contributed by atoms with Crippen LogP contribution in [-0.2, 0) is 4.74 Å². The fourth-order valence-electron chi connectivity index (χ4n) is 1.91. The average molecular weight is 264 g/mol. The Balaban J connectivity index is 2.21. The molecule has 1 aliphatic heterocycles. The number of hydrogen-bond donors (Lipinski definition) is 1. The molecule has 0 saturated carbocycles. The number of aryl methyl sites for hydroxylation is 1. The van der Waals surface area contributed by atoms with Crippen LogP contribution >= 0.6 is 0 Å². The second kappa shape index (κ2) is 5.97. The number of rotatable bonds is 3. The monoisotopic (exact) mass is 264 g/mol. The lowest BCUT2D eigenvalue weighted by Gasteiger charge is -2.27. The number of anilines is 1. The first-order valence-electron chi connectivity index (χ1n) is 6.55. The first-order valence-corrected chi connectivity index (χ1v) is 6.55. The Morgan fingerprint density at radius 3 is 2.68 bits per heavy atom. The first kappa shape index (κ1) is 13.7. The van der Waals surface area contributed by atoms with Gasteiger partial charge in [0.2, 0.25) is 5.95 Å². The van der Waals surface area contributed by atoms with Crippen molar-refractivity contribution in [3.63, 3.8) is 0 Å². The number of carbonyl (C=O) groups excluding carboxylic acids is 1. The van der Waals surface area contributed by atoms with Gasteiger partial charge in [0.15, 0.2) is 0 Å². The summed E-state index contributed by atoms with van der Waals surface area (Å²) in [5, 5.41) is 2.84. The van der Waals surface area contributed by atoms with E-state index in [1.54, 1.807) is 6.07 Å². The van der Waals surface area contributed by atoms with Crippen molar-refractivity contribution in [2.24, 2.45) is 0 Å². The zero-order valence-electron chi connectivity index (χ0n) is 11.6. The van der Waals surface area contributed by atoms with Gasteiger partial charge >= 0.3 is 0 Å². The van der Waals surface area contributed by atoms with Crippen LogP contribution in [0, 0.1) is 6.92 Å². The molecule has 1 aliphatic rings. The number of hydrogen-bond acceptors (Lipinski definition) is 5. The van der Waals surface area contributed by atoms with Crippen molar-refractivity contribution < 1.29 is 9.53 Å². The van der Waals surface area contributed by atoms with Crippen LogP contribution in [0.3, 0.4) is 0 Å². The number of carbonyl (C=O) groups is 1.